The number of rotatable bonds is 4. The van der Waals surface area contributed by atoms with Crippen LogP contribution in [0.1, 0.15) is 10.5 Å². The van der Waals surface area contributed by atoms with Gasteiger partial charge in [-0.15, -0.1) is 11.3 Å². The number of aryl methyl sites for hydroxylation is 1. The highest BCUT2D eigenvalue weighted by Crippen LogP contribution is 2.29. The zero-order valence-electron chi connectivity index (χ0n) is 12.7. The highest BCUT2D eigenvalue weighted by atomic mass is 32.1. The second-order valence-electron chi connectivity index (χ2n) is 4.94. The fourth-order valence-electron chi connectivity index (χ4n) is 2.30. The van der Waals surface area contributed by atoms with E-state index in [1.807, 2.05) is 41.9 Å². The van der Waals surface area contributed by atoms with Gasteiger partial charge in [0.15, 0.2) is 0 Å². The molecular formula is C16H15N3O3S. The van der Waals surface area contributed by atoms with Crippen LogP contribution in [-0.2, 0) is 16.6 Å². The van der Waals surface area contributed by atoms with Gasteiger partial charge in [0.25, 0.3) is 5.91 Å². The maximum atomic E-state index is 12.0. The molecule has 7 heteroatoms. The minimum Gasteiger partial charge on any atom is -0.468 e. The molecule has 118 valence electrons. The van der Waals surface area contributed by atoms with Crippen molar-refractivity contribution in [3.8, 4) is 10.7 Å². The summed E-state index contributed by atoms with van der Waals surface area (Å²) >= 11 is 1.39. The highest BCUT2D eigenvalue weighted by Gasteiger charge is 2.15. The molecule has 3 aromatic rings. The molecule has 0 aliphatic heterocycles. The average Bonchev–Trinajstić information content (AvgIpc) is 3.18. The van der Waals surface area contributed by atoms with Crippen LogP contribution in [0.25, 0.3) is 21.6 Å². The Balaban J connectivity index is 1.84. The SMILES string of the molecule is COC(=O)CNC(=O)c1csc(-c2cc3ccccc3n2C)n1. The van der Waals surface area contributed by atoms with E-state index in [4.69, 9.17) is 0 Å². The van der Waals surface area contributed by atoms with Gasteiger partial charge in [0, 0.05) is 23.3 Å². The normalized spacial score (nSPS) is 10.7. The van der Waals surface area contributed by atoms with Crippen molar-refractivity contribution in [2.24, 2.45) is 7.05 Å². The lowest BCUT2D eigenvalue weighted by molar-refractivity contribution is -0.139. The molecular weight excluding hydrogens is 314 g/mol. The largest absolute Gasteiger partial charge is 0.468 e. The standard InChI is InChI=1S/C16H15N3O3S/c1-19-12-6-4-3-5-10(12)7-13(19)16-18-11(9-23-16)15(21)17-8-14(20)22-2/h3-7,9H,8H2,1-2H3,(H,17,21). The Morgan fingerprint density at radius 2 is 2.13 bits per heavy atom. The molecule has 0 radical (unpaired) electrons. The number of nitrogens with zero attached hydrogens (tertiary/aromatic N) is 2. The number of hydrogen-bond acceptors (Lipinski definition) is 5. The Morgan fingerprint density at radius 1 is 1.35 bits per heavy atom. The van der Waals surface area contributed by atoms with Crippen molar-refractivity contribution < 1.29 is 14.3 Å². The Kier molecular flexibility index (Phi) is 4.12. The molecule has 2 aromatic heterocycles. The lowest BCUT2D eigenvalue weighted by Crippen LogP contribution is -2.30. The Labute approximate surface area is 136 Å². The number of aromatic nitrogens is 2. The highest BCUT2D eigenvalue weighted by molar-refractivity contribution is 7.13. The zero-order chi connectivity index (χ0) is 16.4. The lowest BCUT2D eigenvalue weighted by atomic mass is 10.2. The number of esters is 1. The molecule has 3 rings (SSSR count). The van der Waals surface area contributed by atoms with E-state index in [1.165, 1.54) is 18.4 Å². The fourth-order valence-corrected chi connectivity index (χ4v) is 3.16. The van der Waals surface area contributed by atoms with Crippen molar-refractivity contribution in [1.29, 1.82) is 0 Å². The molecule has 0 unspecified atom stereocenters. The number of thiazole rings is 1. The van der Waals surface area contributed by atoms with E-state index in [0.717, 1.165) is 21.6 Å². The van der Waals surface area contributed by atoms with Gasteiger partial charge >= 0.3 is 5.97 Å². The van der Waals surface area contributed by atoms with E-state index in [2.05, 4.69) is 15.0 Å². The summed E-state index contributed by atoms with van der Waals surface area (Å²) in [6.07, 6.45) is 0. The third-order valence-corrected chi connectivity index (χ3v) is 4.39. The Bertz CT molecular complexity index is 882. The number of amides is 1. The van der Waals surface area contributed by atoms with Crippen molar-refractivity contribution in [3.63, 3.8) is 0 Å². The predicted octanol–water partition coefficient (Wildman–Crippen LogP) is 2.20. The molecule has 1 aromatic carbocycles. The summed E-state index contributed by atoms with van der Waals surface area (Å²) in [5.41, 5.74) is 2.34. The number of hydrogen-bond donors (Lipinski definition) is 1. The molecule has 0 aliphatic carbocycles. The number of fused-ring (bicyclic) bond motifs is 1. The quantitative estimate of drug-likeness (QED) is 0.745. The van der Waals surface area contributed by atoms with Crippen molar-refractivity contribution >= 4 is 34.1 Å². The number of carbonyl (C=O) groups excluding carboxylic acids is 2. The van der Waals surface area contributed by atoms with E-state index in [1.54, 1.807) is 5.38 Å². The van der Waals surface area contributed by atoms with Crippen molar-refractivity contribution in [3.05, 3.63) is 41.4 Å². The third-order valence-electron chi connectivity index (χ3n) is 3.53. The van der Waals surface area contributed by atoms with Gasteiger partial charge in [-0.05, 0) is 12.1 Å². The number of carbonyl (C=O) groups is 2. The first-order valence-electron chi connectivity index (χ1n) is 6.95. The van der Waals surface area contributed by atoms with Gasteiger partial charge in [0.1, 0.15) is 17.2 Å². The maximum absolute atomic E-state index is 12.0. The summed E-state index contributed by atoms with van der Waals surface area (Å²) in [7, 11) is 3.24. The van der Waals surface area contributed by atoms with Crippen LogP contribution in [0, 0.1) is 0 Å². The molecule has 0 saturated carbocycles. The monoisotopic (exact) mass is 329 g/mol. The van der Waals surface area contributed by atoms with Crippen molar-refractivity contribution in [2.45, 2.75) is 0 Å². The molecule has 1 amide bonds. The minimum atomic E-state index is -0.498. The van der Waals surface area contributed by atoms with E-state index < -0.39 is 11.9 Å². The lowest BCUT2D eigenvalue weighted by Gasteiger charge is -2.01. The number of nitrogens with one attached hydrogen (secondary N) is 1. The molecule has 0 aliphatic rings. The van der Waals surface area contributed by atoms with E-state index in [-0.39, 0.29) is 6.54 Å². The van der Waals surface area contributed by atoms with E-state index in [0.29, 0.717) is 5.69 Å². The number of ether oxygens (including phenoxy) is 1. The molecule has 0 spiro atoms. The van der Waals surface area contributed by atoms with Crippen LogP contribution in [-0.4, -0.2) is 35.1 Å². The summed E-state index contributed by atoms with van der Waals surface area (Å²) in [5.74, 6) is -0.890. The molecule has 0 fully saturated rings. The fraction of sp³-hybridized carbons (Fsp3) is 0.188. The summed E-state index contributed by atoms with van der Waals surface area (Å²) in [4.78, 5) is 27.4. The topological polar surface area (TPSA) is 73.2 Å². The molecule has 0 saturated heterocycles. The first-order chi connectivity index (χ1) is 11.1. The number of para-hydroxylation sites is 1. The van der Waals surface area contributed by atoms with Crippen LogP contribution in [0.2, 0.25) is 0 Å². The van der Waals surface area contributed by atoms with Crippen LogP contribution >= 0.6 is 11.3 Å². The summed E-state index contributed by atoms with van der Waals surface area (Å²) in [6.45, 7) is -0.170. The van der Waals surface area contributed by atoms with Gasteiger partial charge in [0.2, 0.25) is 0 Å². The van der Waals surface area contributed by atoms with Gasteiger partial charge in [-0.1, -0.05) is 18.2 Å². The van der Waals surface area contributed by atoms with Crippen LogP contribution in [0.5, 0.6) is 0 Å². The molecule has 23 heavy (non-hydrogen) atoms. The maximum Gasteiger partial charge on any atom is 0.325 e. The first kappa shape index (κ1) is 15.2. The van der Waals surface area contributed by atoms with Crippen molar-refractivity contribution in [1.82, 2.24) is 14.9 Å². The number of methoxy groups -OCH3 is 1. The first-order valence-corrected chi connectivity index (χ1v) is 7.83. The summed E-state index contributed by atoms with van der Waals surface area (Å²) in [6, 6.07) is 10.1. The van der Waals surface area contributed by atoms with E-state index in [9.17, 15) is 9.59 Å². The smallest absolute Gasteiger partial charge is 0.325 e. The van der Waals surface area contributed by atoms with Crippen LogP contribution in [0.3, 0.4) is 0 Å². The number of benzene rings is 1. The predicted molar refractivity (Wildman–Crippen MR) is 88.4 cm³/mol. The Hall–Kier alpha value is -2.67. The van der Waals surface area contributed by atoms with Gasteiger partial charge in [0.05, 0.1) is 12.8 Å². The second kappa shape index (κ2) is 6.21. The molecule has 1 N–H and O–H groups in total. The van der Waals surface area contributed by atoms with Gasteiger partial charge in [-0.25, -0.2) is 4.98 Å². The molecule has 2 heterocycles. The zero-order valence-corrected chi connectivity index (χ0v) is 13.5. The average molecular weight is 329 g/mol. The Morgan fingerprint density at radius 3 is 2.87 bits per heavy atom. The third kappa shape index (κ3) is 2.95. The molecule has 0 bridgehead atoms. The van der Waals surface area contributed by atoms with Crippen molar-refractivity contribution in [2.75, 3.05) is 13.7 Å². The van der Waals surface area contributed by atoms with E-state index >= 15 is 0 Å². The van der Waals surface area contributed by atoms with Crippen LogP contribution < -0.4 is 5.32 Å². The summed E-state index contributed by atoms with van der Waals surface area (Å²) < 4.78 is 6.53. The minimum absolute atomic E-state index is 0.170. The van der Waals surface area contributed by atoms with Crippen LogP contribution in [0.15, 0.2) is 35.7 Å². The van der Waals surface area contributed by atoms with Gasteiger partial charge in [-0.3, -0.25) is 9.59 Å². The molecule has 0 atom stereocenters. The van der Waals surface area contributed by atoms with Crippen LogP contribution in [0.4, 0.5) is 0 Å². The van der Waals surface area contributed by atoms with Gasteiger partial charge < -0.3 is 14.6 Å². The second-order valence-corrected chi connectivity index (χ2v) is 5.80. The summed E-state index contributed by atoms with van der Waals surface area (Å²) in [5, 5.41) is 6.04. The molecule has 6 nitrogen and oxygen atoms in total. The van der Waals surface area contributed by atoms with Gasteiger partial charge in [-0.2, -0.15) is 0 Å².